The van der Waals surface area contributed by atoms with Gasteiger partial charge in [-0.2, -0.15) is 0 Å². The molecule has 1 unspecified atom stereocenters. The molecule has 2 heterocycles. The van der Waals surface area contributed by atoms with Crippen LogP contribution in [0.4, 0.5) is 0 Å². The van der Waals surface area contributed by atoms with Crippen molar-refractivity contribution in [2.75, 3.05) is 13.1 Å². The second-order valence-corrected chi connectivity index (χ2v) is 6.97. The monoisotopic (exact) mass is 310 g/mol. The molecule has 1 aromatic heterocycles. The van der Waals surface area contributed by atoms with E-state index in [1.54, 1.807) is 34.8 Å². The Labute approximate surface area is 136 Å². The lowest BCUT2D eigenvalue weighted by Crippen LogP contribution is -2.36. The minimum Gasteiger partial charge on any atom is -0.348 e. The smallest absolute Gasteiger partial charge is 0.296 e. The van der Waals surface area contributed by atoms with E-state index in [0.29, 0.717) is 18.8 Å². The first kappa shape index (κ1) is 15.5. The minimum absolute atomic E-state index is 0.0501. The highest BCUT2D eigenvalue weighted by atomic mass is 16.2. The van der Waals surface area contributed by atoms with Crippen molar-refractivity contribution in [1.29, 1.82) is 0 Å². The van der Waals surface area contributed by atoms with E-state index >= 15 is 0 Å². The van der Waals surface area contributed by atoms with Gasteiger partial charge in [0.25, 0.3) is 11.7 Å². The number of hydrogen-bond donors (Lipinski definition) is 0. The average Bonchev–Trinajstić information content (AvgIpc) is 3.09. The van der Waals surface area contributed by atoms with Gasteiger partial charge in [0.2, 0.25) is 0 Å². The van der Waals surface area contributed by atoms with Crippen LogP contribution in [-0.2, 0) is 11.8 Å². The quantitative estimate of drug-likeness (QED) is 0.646. The maximum atomic E-state index is 12.6. The number of aromatic nitrogens is 1. The number of Topliss-reactive ketones (excluding diaryl/α,β-unsaturated/α-hetero) is 1. The van der Waals surface area contributed by atoms with Crippen molar-refractivity contribution in [3.8, 4) is 0 Å². The Morgan fingerprint density at radius 2 is 1.78 bits per heavy atom. The SMILES string of the molecule is Cn1cccc1C(=O)C(=O)N1CC(c2ccccc2)C(C)(C)C1. The molecule has 0 aliphatic carbocycles. The Morgan fingerprint density at radius 1 is 1.09 bits per heavy atom. The Morgan fingerprint density at radius 3 is 2.39 bits per heavy atom. The van der Waals surface area contributed by atoms with Crippen LogP contribution in [0.3, 0.4) is 0 Å². The molecule has 2 aromatic rings. The third-order valence-corrected chi connectivity index (χ3v) is 4.80. The number of aryl methyl sites for hydroxylation is 1. The molecule has 1 atom stereocenters. The molecule has 4 nitrogen and oxygen atoms in total. The number of carbonyl (C=O) groups is 2. The molecule has 1 saturated heterocycles. The molecule has 4 heteroatoms. The molecule has 120 valence electrons. The summed E-state index contributed by atoms with van der Waals surface area (Å²) >= 11 is 0. The second kappa shape index (κ2) is 5.69. The number of carbonyl (C=O) groups excluding carboxylic acids is 2. The third-order valence-electron chi connectivity index (χ3n) is 4.80. The fraction of sp³-hybridized carbons (Fsp3) is 0.368. The van der Waals surface area contributed by atoms with E-state index in [9.17, 15) is 9.59 Å². The van der Waals surface area contributed by atoms with Crippen LogP contribution < -0.4 is 0 Å². The van der Waals surface area contributed by atoms with Gasteiger partial charge in [0.1, 0.15) is 0 Å². The van der Waals surface area contributed by atoms with E-state index in [1.165, 1.54) is 5.56 Å². The molecule has 1 aliphatic rings. The predicted molar refractivity (Wildman–Crippen MR) is 89.3 cm³/mol. The lowest BCUT2D eigenvalue weighted by atomic mass is 9.78. The molecule has 1 aliphatic heterocycles. The van der Waals surface area contributed by atoms with Crippen LogP contribution in [0.5, 0.6) is 0 Å². The van der Waals surface area contributed by atoms with Crippen molar-refractivity contribution in [2.45, 2.75) is 19.8 Å². The molecular weight excluding hydrogens is 288 g/mol. The molecular formula is C19H22N2O2. The third kappa shape index (κ3) is 2.81. The summed E-state index contributed by atoms with van der Waals surface area (Å²) in [5.41, 5.74) is 1.61. The summed E-state index contributed by atoms with van der Waals surface area (Å²) in [6.45, 7) is 5.50. The van der Waals surface area contributed by atoms with Gasteiger partial charge < -0.3 is 9.47 Å². The molecule has 1 amide bonds. The van der Waals surface area contributed by atoms with Gasteiger partial charge in [-0.05, 0) is 23.1 Å². The summed E-state index contributed by atoms with van der Waals surface area (Å²) in [6, 6.07) is 13.7. The number of likely N-dealkylation sites (tertiary alicyclic amines) is 1. The van der Waals surface area contributed by atoms with Gasteiger partial charge in [0.05, 0.1) is 5.69 Å². The summed E-state index contributed by atoms with van der Waals surface area (Å²) in [5.74, 6) is -0.589. The van der Waals surface area contributed by atoms with Crippen molar-refractivity contribution in [3.05, 3.63) is 59.9 Å². The topological polar surface area (TPSA) is 42.3 Å². The molecule has 1 aromatic carbocycles. The fourth-order valence-electron chi connectivity index (χ4n) is 3.48. The molecule has 1 fully saturated rings. The van der Waals surface area contributed by atoms with Crippen molar-refractivity contribution in [3.63, 3.8) is 0 Å². The molecule has 0 bridgehead atoms. The molecule has 23 heavy (non-hydrogen) atoms. The van der Waals surface area contributed by atoms with Crippen LogP contribution >= 0.6 is 0 Å². The number of hydrogen-bond acceptors (Lipinski definition) is 2. The predicted octanol–water partition coefficient (Wildman–Crippen LogP) is 2.86. The van der Waals surface area contributed by atoms with E-state index in [0.717, 1.165) is 0 Å². The summed E-state index contributed by atoms with van der Waals surface area (Å²) < 4.78 is 1.69. The zero-order valence-corrected chi connectivity index (χ0v) is 13.8. The van der Waals surface area contributed by atoms with Crippen LogP contribution in [0.25, 0.3) is 0 Å². The maximum absolute atomic E-state index is 12.6. The number of ketones is 1. The van der Waals surface area contributed by atoms with Crippen molar-refractivity contribution in [1.82, 2.24) is 9.47 Å². The van der Waals surface area contributed by atoms with E-state index in [-0.39, 0.29) is 11.3 Å². The summed E-state index contributed by atoms with van der Waals surface area (Å²) in [4.78, 5) is 26.8. The first-order valence-electron chi connectivity index (χ1n) is 7.90. The zero-order valence-electron chi connectivity index (χ0n) is 13.8. The Bertz CT molecular complexity index is 731. The van der Waals surface area contributed by atoms with E-state index in [1.807, 2.05) is 18.2 Å². The van der Waals surface area contributed by atoms with Crippen LogP contribution in [0.15, 0.2) is 48.7 Å². The summed E-state index contributed by atoms with van der Waals surface area (Å²) in [6.07, 6.45) is 1.78. The van der Waals surface area contributed by atoms with Gasteiger partial charge in [-0.15, -0.1) is 0 Å². The molecule has 0 radical (unpaired) electrons. The largest absolute Gasteiger partial charge is 0.348 e. The highest BCUT2D eigenvalue weighted by Crippen LogP contribution is 2.42. The van der Waals surface area contributed by atoms with E-state index in [4.69, 9.17) is 0 Å². The number of nitrogens with zero attached hydrogens (tertiary/aromatic N) is 2. The standard InChI is InChI=1S/C19H22N2O2/c1-19(2)13-21(12-15(19)14-8-5-4-6-9-14)18(23)17(22)16-10-7-11-20(16)3/h4-11,15H,12-13H2,1-3H3. The Kier molecular flexibility index (Phi) is 3.84. The average molecular weight is 310 g/mol. The summed E-state index contributed by atoms with van der Waals surface area (Å²) in [7, 11) is 1.78. The highest BCUT2D eigenvalue weighted by molar-refractivity contribution is 6.42. The molecule has 3 rings (SSSR count). The first-order chi connectivity index (χ1) is 10.9. The molecule has 0 N–H and O–H groups in total. The Balaban J connectivity index is 1.82. The van der Waals surface area contributed by atoms with E-state index < -0.39 is 11.7 Å². The number of amides is 1. The van der Waals surface area contributed by atoms with Crippen LogP contribution in [-0.4, -0.2) is 34.2 Å². The van der Waals surface area contributed by atoms with Crippen molar-refractivity contribution in [2.24, 2.45) is 12.5 Å². The fourth-order valence-corrected chi connectivity index (χ4v) is 3.48. The zero-order chi connectivity index (χ0) is 16.6. The van der Waals surface area contributed by atoms with Crippen molar-refractivity contribution < 1.29 is 9.59 Å². The second-order valence-electron chi connectivity index (χ2n) is 6.97. The molecule has 0 spiro atoms. The van der Waals surface area contributed by atoms with Gasteiger partial charge in [0.15, 0.2) is 0 Å². The van der Waals surface area contributed by atoms with Gasteiger partial charge in [-0.25, -0.2) is 0 Å². The summed E-state index contributed by atoms with van der Waals surface area (Å²) in [5, 5.41) is 0. The minimum atomic E-state index is -0.429. The maximum Gasteiger partial charge on any atom is 0.296 e. The van der Waals surface area contributed by atoms with Crippen LogP contribution in [0.2, 0.25) is 0 Å². The van der Waals surface area contributed by atoms with Gasteiger partial charge in [-0.1, -0.05) is 44.2 Å². The first-order valence-corrected chi connectivity index (χ1v) is 7.90. The van der Waals surface area contributed by atoms with Crippen molar-refractivity contribution >= 4 is 11.7 Å². The molecule has 0 saturated carbocycles. The van der Waals surface area contributed by atoms with Gasteiger partial charge in [0, 0.05) is 32.3 Å². The van der Waals surface area contributed by atoms with Gasteiger partial charge in [-0.3, -0.25) is 9.59 Å². The van der Waals surface area contributed by atoms with Gasteiger partial charge >= 0.3 is 0 Å². The van der Waals surface area contributed by atoms with Crippen LogP contribution in [0.1, 0.15) is 35.8 Å². The van der Waals surface area contributed by atoms with E-state index in [2.05, 4.69) is 26.0 Å². The van der Waals surface area contributed by atoms with Crippen LogP contribution in [0, 0.1) is 5.41 Å². The highest BCUT2D eigenvalue weighted by Gasteiger charge is 2.43. The normalized spacial score (nSPS) is 19.8. The lowest BCUT2D eigenvalue weighted by Gasteiger charge is -2.25. The number of benzene rings is 1. The lowest BCUT2D eigenvalue weighted by molar-refractivity contribution is -0.125. The number of rotatable bonds is 3. The Hall–Kier alpha value is -2.36.